The van der Waals surface area contributed by atoms with Crippen molar-refractivity contribution in [3.63, 3.8) is 0 Å². The highest BCUT2D eigenvalue weighted by Gasteiger charge is 2.29. The highest BCUT2D eigenvalue weighted by atomic mass is 127. The molecule has 3 aromatic carbocycles. The van der Waals surface area contributed by atoms with Gasteiger partial charge in [0.2, 0.25) is 0 Å². The Bertz CT molecular complexity index is 1420. The second-order valence-electron chi connectivity index (χ2n) is 8.94. The molecule has 0 radical (unpaired) electrons. The minimum absolute atomic E-state index is 0.133. The molecule has 3 aromatic rings. The zero-order valence-corrected chi connectivity index (χ0v) is 23.0. The van der Waals surface area contributed by atoms with Crippen LogP contribution in [0.4, 0.5) is 30.2 Å². The van der Waals surface area contributed by atoms with E-state index < -0.39 is 33.3 Å². The van der Waals surface area contributed by atoms with Crippen LogP contribution in [0.1, 0.15) is 18.4 Å². The zero-order chi connectivity index (χ0) is 27.4. The van der Waals surface area contributed by atoms with E-state index in [-0.39, 0.29) is 41.9 Å². The largest absolute Gasteiger partial charge is 0.504 e. The van der Waals surface area contributed by atoms with Gasteiger partial charge in [0, 0.05) is 23.2 Å². The molecule has 1 aliphatic heterocycles. The molecule has 0 bridgehead atoms. The average Bonchev–Trinajstić information content (AvgIpc) is 2.87. The van der Waals surface area contributed by atoms with Crippen LogP contribution >= 0.6 is 22.6 Å². The molecule has 1 saturated heterocycles. The van der Waals surface area contributed by atoms with Gasteiger partial charge in [0.1, 0.15) is 11.5 Å². The van der Waals surface area contributed by atoms with E-state index >= 15 is 0 Å². The molecule has 38 heavy (non-hydrogen) atoms. The first-order valence-electron chi connectivity index (χ1n) is 11.7. The van der Waals surface area contributed by atoms with Gasteiger partial charge in [-0.2, -0.15) is 12.7 Å². The Morgan fingerprint density at radius 2 is 1.63 bits per heavy atom. The molecule has 5 N–H and O–H groups in total. The molecule has 204 valence electrons. The molecule has 0 spiro atoms. The smallest absolute Gasteiger partial charge is 0.301 e. The number of hydrogen-bond acceptors (Lipinski definition) is 6. The standard InChI is InChI=1S/C25H26F3IN4O4S/c26-18-3-5-21(25(24(18)28)31-20-4-2-17(29)12-19(20)27)32-38(36,37)33-9-7-15(8-10-33)13-30-14-16-1-6-22(34)23(35)11-16/h1-6,11-12,15,30-32,34-35H,7-10,13-14H2. The maximum Gasteiger partial charge on any atom is 0.301 e. The van der Waals surface area contributed by atoms with Crippen LogP contribution in [0.2, 0.25) is 0 Å². The van der Waals surface area contributed by atoms with Crippen molar-refractivity contribution in [2.75, 3.05) is 29.7 Å². The number of nitrogens with zero attached hydrogens (tertiary/aromatic N) is 1. The van der Waals surface area contributed by atoms with Gasteiger partial charge >= 0.3 is 10.2 Å². The summed E-state index contributed by atoms with van der Waals surface area (Å²) >= 11 is 1.91. The first-order chi connectivity index (χ1) is 18.0. The SMILES string of the molecule is O=S(=O)(Nc1ccc(F)c(F)c1Nc1ccc(I)cc1F)N1CCC(CNCc2ccc(O)c(O)c2)CC1. The molecular formula is C25H26F3IN4O4S. The molecule has 0 unspecified atom stereocenters. The number of halogens is 4. The summed E-state index contributed by atoms with van der Waals surface area (Å²) in [4.78, 5) is 0. The molecule has 1 fully saturated rings. The quantitative estimate of drug-likeness (QED) is 0.163. The van der Waals surface area contributed by atoms with Gasteiger partial charge in [0.15, 0.2) is 23.1 Å². The molecular weight excluding hydrogens is 636 g/mol. The number of rotatable bonds is 9. The van der Waals surface area contributed by atoms with Crippen molar-refractivity contribution in [1.29, 1.82) is 0 Å². The molecule has 0 saturated carbocycles. The van der Waals surface area contributed by atoms with E-state index in [2.05, 4.69) is 15.4 Å². The van der Waals surface area contributed by atoms with E-state index in [1.54, 1.807) is 12.1 Å². The lowest BCUT2D eigenvalue weighted by molar-refractivity contribution is 0.268. The molecule has 13 heteroatoms. The van der Waals surface area contributed by atoms with Crippen molar-refractivity contribution >= 4 is 49.9 Å². The summed E-state index contributed by atoms with van der Waals surface area (Å²) in [6.45, 7) is 1.54. The predicted octanol–water partition coefficient (Wildman–Crippen LogP) is 5.02. The number of phenolic OH excluding ortho intramolecular Hbond substituents is 2. The van der Waals surface area contributed by atoms with Crippen molar-refractivity contribution in [3.8, 4) is 11.5 Å². The Morgan fingerprint density at radius 1 is 0.921 bits per heavy atom. The summed E-state index contributed by atoms with van der Waals surface area (Å²) in [5, 5.41) is 24.7. The van der Waals surface area contributed by atoms with Gasteiger partial charge in [-0.05, 0) is 95.9 Å². The molecule has 0 aromatic heterocycles. The monoisotopic (exact) mass is 662 g/mol. The number of nitrogens with one attached hydrogen (secondary N) is 3. The van der Waals surface area contributed by atoms with Crippen LogP contribution in [0.15, 0.2) is 48.5 Å². The number of aromatic hydroxyl groups is 2. The van der Waals surface area contributed by atoms with Crippen LogP contribution < -0.4 is 15.4 Å². The van der Waals surface area contributed by atoms with Gasteiger partial charge in [-0.1, -0.05) is 6.07 Å². The fourth-order valence-electron chi connectivity index (χ4n) is 4.14. The summed E-state index contributed by atoms with van der Waals surface area (Å²) in [5.74, 6) is -3.43. The van der Waals surface area contributed by atoms with Crippen LogP contribution in [0.25, 0.3) is 0 Å². The molecule has 0 aliphatic carbocycles. The molecule has 1 heterocycles. The summed E-state index contributed by atoms with van der Waals surface area (Å²) in [5.41, 5.74) is -0.104. The molecule has 0 amide bonds. The molecule has 1 aliphatic rings. The Hall–Kier alpha value is -2.75. The molecule has 4 rings (SSSR count). The first-order valence-corrected chi connectivity index (χ1v) is 14.2. The van der Waals surface area contributed by atoms with E-state index in [4.69, 9.17) is 0 Å². The maximum absolute atomic E-state index is 14.7. The van der Waals surface area contributed by atoms with Crippen LogP contribution in [-0.2, 0) is 16.8 Å². The predicted molar refractivity (Wildman–Crippen MR) is 147 cm³/mol. The second kappa shape index (κ2) is 12.0. The van der Waals surface area contributed by atoms with Gasteiger partial charge in [0.05, 0.1) is 11.4 Å². The van der Waals surface area contributed by atoms with Crippen molar-refractivity contribution in [2.45, 2.75) is 19.4 Å². The minimum Gasteiger partial charge on any atom is -0.504 e. The van der Waals surface area contributed by atoms with E-state index in [0.29, 0.717) is 29.5 Å². The zero-order valence-electron chi connectivity index (χ0n) is 20.0. The van der Waals surface area contributed by atoms with Crippen molar-refractivity contribution in [2.24, 2.45) is 5.92 Å². The second-order valence-corrected chi connectivity index (χ2v) is 11.9. The number of anilines is 3. The average molecular weight is 662 g/mol. The fraction of sp³-hybridized carbons (Fsp3) is 0.280. The molecule has 8 nitrogen and oxygen atoms in total. The Balaban J connectivity index is 1.37. The highest BCUT2D eigenvalue weighted by Crippen LogP contribution is 2.33. The summed E-state index contributed by atoms with van der Waals surface area (Å²) in [6, 6.07) is 10.6. The third-order valence-electron chi connectivity index (χ3n) is 6.24. The van der Waals surface area contributed by atoms with Gasteiger partial charge in [-0.15, -0.1) is 0 Å². The van der Waals surface area contributed by atoms with E-state index in [1.165, 1.54) is 28.6 Å². The van der Waals surface area contributed by atoms with E-state index in [9.17, 15) is 31.8 Å². The fourth-order valence-corrected chi connectivity index (χ4v) is 5.86. The highest BCUT2D eigenvalue weighted by molar-refractivity contribution is 14.1. The van der Waals surface area contributed by atoms with E-state index in [0.717, 1.165) is 17.7 Å². The lowest BCUT2D eigenvalue weighted by atomic mass is 9.98. The van der Waals surface area contributed by atoms with Crippen LogP contribution in [-0.4, -0.2) is 42.6 Å². The van der Waals surface area contributed by atoms with Crippen LogP contribution in [0, 0.1) is 26.9 Å². The first kappa shape index (κ1) is 28.3. The van der Waals surface area contributed by atoms with Crippen molar-refractivity contribution in [3.05, 3.63) is 75.1 Å². The van der Waals surface area contributed by atoms with E-state index in [1.807, 2.05) is 22.6 Å². The third kappa shape index (κ3) is 6.81. The topological polar surface area (TPSA) is 114 Å². The van der Waals surface area contributed by atoms with Crippen LogP contribution in [0.3, 0.4) is 0 Å². The lowest BCUT2D eigenvalue weighted by Crippen LogP contribution is -2.43. The summed E-state index contributed by atoms with van der Waals surface area (Å²) in [7, 11) is -4.11. The summed E-state index contributed by atoms with van der Waals surface area (Å²) in [6.07, 6.45) is 1.15. The van der Waals surface area contributed by atoms with Gasteiger partial charge < -0.3 is 20.8 Å². The van der Waals surface area contributed by atoms with Gasteiger partial charge in [-0.25, -0.2) is 13.2 Å². The number of hydrogen-bond donors (Lipinski definition) is 5. The maximum atomic E-state index is 14.7. The van der Waals surface area contributed by atoms with Crippen molar-refractivity contribution in [1.82, 2.24) is 9.62 Å². The van der Waals surface area contributed by atoms with Crippen molar-refractivity contribution < 1.29 is 31.8 Å². The normalized spacial score (nSPS) is 14.9. The Labute approximate surface area is 232 Å². The summed E-state index contributed by atoms with van der Waals surface area (Å²) < 4.78 is 73.3. The number of piperidine rings is 1. The Kier molecular flexibility index (Phi) is 8.90. The van der Waals surface area contributed by atoms with Crippen LogP contribution in [0.5, 0.6) is 11.5 Å². The third-order valence-corrected chi connectivity index (χ3v) is 8.43. The number of phenols is 2. The van der Waals surface area contributed by atoms with Gasteiger partial charge in [0.25, 0.3) is 0 Å². The lowest BCUT2D eigenvalue weighted by Gasteiger charge is -2.31. The molecule has 0 atom stereocenters. The van der Waals surface area contributed by atoms with Gasteiger partial charge in [-0.3, -0.25) is 4.72 Å². The number of benzene rings is 3. The minimum atomic E-state index is -4.11. The Morgan fingerprint density at radius 3 is 2.32 bits per heavy atom.